The average molecular weight is 469 g/mol. The van der Waals surface area contributed by atoms with Crippen molar-refractivity contribution in [2.24, 2.45) is 0 Å². The van der Waals surface area contributed by atoms with E-state index in [0.717, 1.165) is 29.0 Å². The predicted octanol–water partition coefficient (Wildman–Crippen LogP) is 4.91. The Morgan fingerprint density at radius 1 is 1.07 bits per heavy atom. The number of hydrogen-bond donors (Lipinski definition) is 1. The number of sulfonamides is 1. The number of carbonyl (C=O) groups is 1. The summed E-state index contributed by atoms with van der Waals surface area (Å²) in [7, 11) is -3.69. The minimum Gasteiger partial charge on any atom is -0.348 e. The number of anilines is 1. The highest BCUT2D eigenvalue weighted by Crippen LogP contribution is 2.29. The fourth-order valence-electron chi connectivity index (χ4n) is 3.80. The van der Waals surface area contributed by atoms with Gasteiger partial charge in [0.25, 0.3) is 0 Å². The van der Waals surface area contributed by atoms with Crippen LogP contribution in [0.25, 0.3) is 0 Å². The quantitative estimate of drug-likeness (QED) is 0.627. The summed E-state index contributed by atoms with van der Waals surface area (Å²) in [4.78, 5) is 12.8. The van der Waals surface area contributed by atoms with E-state index >= 15 is 0 Å². The molecule has 2 aromatic rings. The first kappa shape index (κ1) is 22.9. The number of nitrogens with one attached hydrogen (secondary N) is 1. The third-order valence-corrected chi connectivity index (χ3v) is 7.28. The molecule has 30 heavy (non-hydrogen) atoms. The molecule has 1 unspecified atom stereocenters. The molecule has 0 aliphatic heterocycles. The molecule has 1 amide bonds. The van der Waals surface area contributed by atoms with Gasteiger partial charge < -0.3 is 5.32 Å². The van der Waals surface area contributed by atoms with Crippen LogP contribution in [0.5, 0.6) is 0 Å². The van der Waals surface area contributed by atoms with E-state index in [2.05, 4.69) is 23.5 Å². The van der Waals surface area contributed by atoms with Crippen LogP contribution < -0.4 is 9.62 Å². The van der Waals surface area contributed by atoms with Gasteiger partial charge in [0.15, 0.2) is 0 Å². The fourth-order valence-corrected chi connectivity index (χ4v) is 4.94. The van der Waals surface area contributed by atoms with Crippen molar-refractivity contribution >= 4 is 44.8 Å². The maximum absolute atomic E-state index is 12.8. The van der Waals surface area contributed by atoms with E-state index in [1.807, 2.05) is 6.92 Å². The largest absolute Gasteiger partial charge is 0.348 e. The van der Waals surface area contributed by atoms with Crippen LogP contribution in [0.2, 0.25) is 10.0 Å². The van der Waals surface area contributed by atoms with Crippen molar-refractivity contribution in [2.75, 3.05) is 17.1 Å². The second-order valence-electron chi connectivity index (χ2n) is 7.63. The number of halogens is 2. The molecule has 0 saturated carbocycles. The first-order chi connectivity index (χ1) is 14.2. The zero-order valence-corrected chi connectivity index (χ0v) is 19.4. The third kappa shape index (κ3) is 5.48. The molecule has 5 nitrogen and oxygen atoms in total. The van der Waals surface area contributed by atoms with Crippen molar-refractivity contribution < 1.29 is 13.2 Å². The lowest BCUT2D eigenvalue weighted by Crippen LogP contribution is -2.41. The van der Waals surface area contributed by atoms with Crippen molar-refractivity contribution in [1.29, 1.82) is 0 Å². The third-order valence-electron chi connectivity index (χ3n) is 5.40. The zero-order valence-electron chi connectivity index (χ0n) is 17.1. The standard InChI is InChI=1S/C22H26Cl2N2O3S/c1-3-21(17-9-8-15-6-4-5-7-16(15)12-17)25-22(27)14-26(30(2,28)29)18-10-11-19(23)20(24)13-18/h8-13,21H,3-7,14H2,1-2H3,(H,25,27). The number of aryl methyl sites for hydroxylation is 2. The van der Waals surface area contributed by atoms with Gasteiger partial charge in [-0.25, -0.2) is 8.42 Å². The molecule has 3 rings (SSSR count). The Bertz CT molecular complexity index is 1040. The maximum Gasteiger partial charge on any atom is 0.241 e. The fraction of sp³-hybridized carbons (Fsp3) is 0.409. The summed E-state index contributed by atoms with van der Waals surface area (Å²) in [5, 5.41) is 3.53. The van der Waals surface area contributed by atoms with Gasteiger partial charge in [-0.1, -0.05) is 48.3 Å². The van der Waals surface area contributed by atoms with Crippen LogP contribution in [0.4, 0.5) is 5.69 Å². The first-order valence-electron chi connectivity index (χ1n) is 10.0. The normalized spacial score (nSPS) is 14.7. The molecule has 0 fully saturated rings. The summed E-state index contributed by atoms with van der Waals surface area (Å²) in [6.45, 7) is 1.66. The van der Waals surface area contributed by atoms with E-state index in [4.69, 9.17) is 23.2 Å². The van der Waals surface area contributed by atoms with E-state index in [9.17, 15) is 13.2 Å². The zero-order chi connectivity index (χ0) is 21.9. The van der Waals surface area contributed by atoms with Crippen LogP contribution >= 0.6 is 23.2 Å². The van der Waals surface area contributed by atoms with Gasteiger partial charge in [-0.3, -0.25) is 9.10 Å². The number of fused-ring (bicyclic) bond motifs is 1. The lowest BCUT2D eigenvalue weighted by atomic mass is 9.89. The summed E-state index contributed by atoms with van der Waals surface area (Å²) >= 11 is 12.0. The molecule has 1 aliphatic rings. The smallest absolute Gasteiger partial charge is 0.241 e. The summed E-state index contributed by atoms with van der Waals surface area (Å²) in [6, 6.07) is 10.7. The van der Waals surface area contributed by atoms with E-state index in [1.54, 1.807) is 0 Å². The van der Waals surface area contributed by atoms with Gasteiger partial charge in [-0.2, -0.15) is 0 Å². The van der Waals surface area contributed by atoms with Crippen LogP contribution in [-0.4, -0.2) is 27.1 Å². The molecule has 0 spiro atoms. The molecule has 0 saturated heterocycles. The minimum absolute atomic E-state index is 0.181. The minimum atomic E-state index is -3.69. The Balaban J connectivity index is 1.77. The molecule has 0 radical (unpaired) electrons. The predicted molar refractivity (Wildman–Crippen MR) is 123 cm³/mol. The van der Waals surface area contributed by atoms with Gasteiger partial charge in [0, 0.05) is 0 Å². The van der Waals surface area contributed by atoms with Gasteiger partial charge in [0.1, 0.15) is 6.54 Å². The Kier molecular flexibility index (Phi) is 7.32. The van der Waals surface area contributed by atoms with Crippen molar-refractivity contribution in [3.05, 3.63) is 63.1 Å². The number of rotatable bonds is 7. The maximum atomic E-state index is 12.8. The highest BCUT2D eigenvalue weighted by atomic mass is 35.5. The second-order valence-corrected chi connectivity index (χ2v) is 10.4. The monoisotopic (exact) mass is 468 g/mol. The number of hydrogen-bond acceptors (Lipinski definition) is 3. The summed E-state index contributed by atoms with van der Waals surface area (Å²) in [5.41, 5.74) is 4.07. The highest BCUT2D eigenvalue weighted by Gasteiger charge is 2.23. The van der Waals surface area contributed by atoms with Crippen LogP contribution in [0.15, 0.2) is 36.4 Å². The SMILES string of the molecule is CCC(NC(=O)CN(c1ccc(Cl)c(Cl)c1)S(C)(=O)=O)c1ccc2c(c1)CCCC2. The molecule has 0 heterocycles. The molecule has 0 bridgehead atoms. The topological polar surface area (TPSA) is 66.5 Å². The molecule has 1 atom stereocenters. The highest BCUT2D eigenvalue weighted by molar-refractivity contribution is 7.92. The van der Waals surface area contributed by atoms with E-state index in [1.165, 1.54) is 42.2 Å². The first-order valence-corrected chi connectivity index (χ1v) is 12.6. The van der Waals surface area contributed by atoms with E-state index < -0.39 is 10.0 Å². The van der Waals surface area contributed by atoms with Gasteiger partial charge in [0.2, 0.25) is 15.9 Å². The lowest BCUT2D eigenvalue weighted by Gasteiger charge is -2.25. The average Bonchev–Trinajstić information content (AvgIpc) is 2.71. The molecule has 162 valence electrons. The number of nitrogens with zero attached hydrogens (tertiary/aromatic N) is 1. The van der Waals surface area contributed by atoms with Crippen molar-refractivity contribution in [3.8, 4) is 0 Å². The number of amides is 1. The summed E-state index contributed by atoms with van der Waals surface area (Å²) < 4.78 is 25.7. The van der Waals surface area contributed by atoms with Crippen LogP contribution in [0.3, 0.4) is 0 Å². The molecule has 0 aromatic heterocycles. The Hall–Kier alpha value is -1.76. The molecular weight excluding hydrogens is 443 g/mol. The van der Waals surface area contributed by atoms with E-state index in [0.29, 0.717) is 17.1 Å². The number of carbonyl (C=O) groups excluding carboxylic acids is 1. The van der Waals surface area contributed by atoms with Crippen LogP contribution in [0, 0.1) is 0 Å². The van der Waals surface area contributed by atoms with Crippen LogP contribution in [0.1, 0.15) is 48.9 Å². The second kappa shape index (κ2) is 9.58. The van der Waals surface area contributed by atoms with Crippen molar-refractivity contribution in [2.45, 2.75) is 45.1 Å². The van der Waals surface area contributed by atoms with Gasteiger partial charge in [-0.05, 0) is 67.0 Å². The van der Waals surface area contributed by atoms with Gasteiger partial charge in [-0.15, -0.1) is 0 Å². The molecule has 1 aliphatic carbocycles. The summed E-state index contributed by atoms with van der Waals surface area (Å²) in [6.07, 6.45) is 6.33. The van der Waals surface area contributed by atoms with Gasteiger partial charge in [0.05, 0.1) is 28.0 Å². The van der Waals surface area contributed by atoms with E-state index in [-0.39, 0.29) is 23.5 Å². The Morgan fingerprint density at radius 3 is 2.40 bits per heavy atom. The molecule has 8 heteroatoms. The lowest BCUT2D eigenvalue weighted by molar-refractivity contribution is -0.120. The molecular formula is C22H26Cl2N2O3S. The molecule has 2 aromatic carbocycles. The van der Waals surface area contributed by atoms with Crippen LogP contribution in [-0.2, 0) is 27.7 Å². The summed E-state index contributed by atoms with van der Waals surface area (Å²) in [5.74, 6) is -0.379. The molecule has 1 N–H and O–H groups in total. The van der Waals surface area contributed by atoms with Crippen molar-refractivity contribution in [1.82, 2.24) is 5.32 Å². The Labute approximate surface area is 188 Å². The van der Waals surface area contributed by atoms with Gasteiger partial charge >= 0.3 is 0 Å². The van der Waals surface area contributed by atoms with Crippen molar-refractivity contribution in [3.63, 3.8) is 0 Å². The number of benzene rings is 2. The Morgan fingerprint density at radius 2 is 1.77 bits per heavy atom.